The molecular formula is C17H25N3O. The second-order valence-corrected chi connectivity index (χ2v) is 6.36. The Hall–Kier alpha value is -1.55. The van der Waals surface area contributed by atoms with E-state index in [-0.39, 0.29) is 5.91 Å². The van der Waals surface area contributed by atoms with E-state index >= 15 is 0 Å². The summed E-state index contributed by atoms with van der Waals surface area (Å²) in [5, 5.41) is 6.35. The van der Waals surface area contributed by atoms with Crippen molar-refractivity contribution in [3.63, 3.8) is 0 Å². The number of hydrogen-bond donors (Lipinski definition) is 2. The van der Waals surface area contributed by atoms with Gasteiger partial charge in [0.1, 0.15) is 0 Å². The van der Waals surface area contributed by atoms with E-state index in [4.69, 9.17) is 0 Å². The predicted molar refractivity (Wildman–Crippen MR) is 85.4 cm³/mol. The second-order valence-electron chi connectivity index (χ2n) is 6.36. The van der Waals surface area contributed by atoms with Crippen LogP contribution >= 0.6 is 0 Å². The molecule has 3 rings (SSSR count). The molecule has 1 amide bonds. The van der Waals surface area contributed by atoms with Crippen molar-refractivity contribution in [2.45, 2.75) is 38.8 Å². The molecule has 21 heavy (non-hydrogen) atoms. The lowest BCUT2D eigenvalue weighted by molar-refractivity contribution is -0.124. The van der Waals surface area contributed by atoms with Gasteiger partial charge in [-0.1, -0.05) is 12.1 Å². The van der Waals surface area contributed by atoms with Crippen LogP contribution in [-0.4, -0.2) is 32.1 Å². The average Bonchev–Trinajstić information content (AvgIpc) is 2.47. The van der Waals surface area contributed by atoms with Gasteiger partial charge in [-0.2, -0.15) is 0 Å². The summed E-state index contributed by atoms with van der Waals surface area (Å²) in [5.41, 5.74) is 4.03. The summed E-state index contributed by atoms with van der Waals surface area (Å²) < 4.78 is 0. The summed E-state index contributed by atoms with van der Waals surface area (Å²) >= 11 is 0. The molecule has 0 spiro atoms. The molecule has 2 aliphatic rings. The number of nitrogens with one attached hydrogen (secondary N) is 2. The third-order valence-corrected chi connectivity index (χ3v) is 4.81. The second kappa shape index (κ2) is 6.06. The fourth-order valence-electron chi connectivity index (χ4n) is 3.72. The van der Waals surface area contributed by atoms with E-state index in [9.17, 15) is 4.79 Å². The molecule has 0 saturated carbocycles. The minimum Gasteiger partial charge on any atom is -0.371 e. The van der Waals surface area contributed by atoms with Gasteiger partial charge in [-0.25, -0.2) is 0 Å². The lowest BCUT2D eigenvalue weighted by Crippen LogP contribution is -2.54. The molecular weight excluding hydrogens is 262 g/mol. The summed E-state index contributed by atoms with van der Waals surface area (Å²) in [6.07, 6.45) is 2.78. The molecule has 0 aliphatic carbocycles. The van der Waals surface area contributed by atoms with Crippen molar-refractivity contribution in [3.8, 4) is 0 Å². The van der Waals surface area contributed by atoms with Gasteiger partial charge in [0.25, 0.3) is 0 Å². The van der Waals surface area contributed by atoms with Gasteiger partial charge in [0, 0.05) is 37.8 Å². The highest BCUT2D eigenvalue weighted by Gasteiger charge is 2.34. The average molecular weight is 287 g/mol. The SMILES string of the molecule is CNCc1ccc(N2CCC3NC(=O)CCC3C2)c(C)c1. The van der Waals surface area contributed by atoms with Crippen LogP contribution in [0.25, 0.3) is 0 Å². The molecule has 4 nitrogen and oxygen atoms in total. The number of hydrogen-bond acceptors (Lipinski definition) is 3. The van der Waals surface area contributed by atoms with Gasteiger partial charge < -0.3 is 15.5 Å². The number of carbonyl (C=O) groups is 1. The third-order valence-electron chi connectivity index (χ3n) is 4.81. The topological polar surface area (TPSA) is 44.4 Å². The van der Waals surface area contributed by atoms with Crippen LogP contribution in [0, 0.1) is 12.8 Å². The Labute approximate surface area is 126 Å². The van der Waals surface area contributed by atoms with E-state index in [2.05, 4.69) is 40.7 Å². The van der Waals surface area contributed by atoms with Gasteiger partial charge in [0.2, 0.25) is 5.91 Å². The number of piperidine rings is 2. The van der Waals surface area contributed by atoms with Crippen LogP contribution in [0.1, 0.15) is 30.4 Å². The molecule has 1 aromatic carbocycles. The van der Waals surface area contributed by atoms with Crippen LogP contribution in [0.5, 0.6) is 0 Å². The minimum atomic E-state index is 0.234. The van der Waals surface area contributed by atoms with Crippen LogP contribution in [0.3, 0.4) is 0 Å². The highest BCUT2D eigenvalue weighted by molar-refractivity contribution is 5.77. The van der Waals surface area contributed by atoms with Crippen molar-refractivity contribution in [1.29, 1.82) is 0 Å². The highest BCUT2D eigenvalue weighted by atomic mass is 16.1. The van der Waals surface area contributed by atoms with Gasteiger partial charge in [0.15, 0.2) is 0 Å². The van der Waals surface area contributed by atoms with Crippen molar-refractivity contribution in [2.24, 2.45) is 5.92 Å². The molecule has 2 N–H and O–H groups in total. The van der Waals surface area contributed by atoms with Gasteiger partial charge in [0.05, 0.1) is 0 Å². The summed E-state index contributed by atoms with van der Waals surface area (Å²) in [4.78, 5) is 14.0. The van der Waals surface area contributed by atoms with Crippen LogP contribution in [0.15, 0.2) is 18.2 Å². The Kier molecular flexibility index (Phi) is 4.15. The van der Waals surface area contributed by atoms with E-state index in [0.29, 0.717) is 18.4 Å². The van der Waals surface area contributed by atoms with Gasteiger partial charge in [-0.05, 0) is 49.9 Å². The van der Waals surface area contributed by atoms with E-state index < -0.39 is 0 Å². The van der Waals surface area contributed by atoms with Crippen LogP contribution in [-0.2, 0) is 11.3 Å². The highest BCUT2D eigenvalue weighted by Crippen LogP contribution is 2.30. The quantitative estimate of drug-likeness (QED) is 0.891. The Morgan fingerprint density at radius 3 is 3.00 bits per heavy atom. The maximum absolute atomic E-state index is 11.5. The molecule has 2 unspecified atom stereocenters. The molecule has 0 aromatic heterocycles. The number of nitrogens with zero attached hydrogens (tertiary/aromatic N) is 1. The van der Waals surface area contributed by atoms with Crippen molar-refractivity contribution < 1.29 is 4.79 Å². The van der Waals surface area contributed by atoms with Gasteiger partial charge in [-0.15, -0.1) is 0 Å². The molecule has 4 heteroatoms. The van der Waals surface area contributed by atoms with Gasteiger partial charge in [-0.3, -0.25) is 4.79 Å². The number of fused-ring (bicyclic) bond motifs is 1. The maximum atomic E-state index is 11.5. The maximum Gasteiger partial charge on any atom is 0.220 e. The molecule has 2 aliphatic heterocycles. The Balaban J connectivity index is 1.72. The van der Waals surface area contributed by atoms with Crippen molar-refractivity contribution >= 4 is 11.6 Å². The first-order valence-corrected chi connectivity index (χ1v) is 7.96. The monoisotopic (exact) mass is 287 g/mol. The zero-order chi connectivity index (χ0) is 14.8. The fourth-order valence-corrected chi connectivity index (χ4v) is 3.72. The van der Waals surface area contributed by atoms with Gasteiger partial charge >= 0.3 is 0 Å². The number of rotatable bonds is 3. The molecule has 1 aromatic rings. The van der Waals surface area contributed by atoms with Crippen molar-refractivity contribution in [2.75, 3.05) is 25.0 Å². The zero-order valence-electron chi connectivity index (χ0n) is 13.0. The van der Waals surface area contributed by atoms with E-state index in [1.807, 2.05) is 7.05 Å². The fraction of sp³-hybridized carbons (Fsp3) is 0.588. The van der Waals surface area contributed by atoms with Crippen LogP contribution < -0.4 is 15.5 Å². The summed E-state index contributed by atoms with van der Waals surface area (Å²) in [6, 6.07) is 7.14. The van der Waals surface area contributed by atoms with Crippen molar-refractivity contribution in [3.05, 3.63) is 29.3 Å². The number of amides is 1. The van der Waals surface area contributed by atoms with E-state index in [1.165, 1.54) is 16.8 Å². The molecule has 2 saturated heterocycles. The minimum absolute atomic E-state index is 0.234. The first-order valence-electron chi connectivity index (χ1n) is 7.96. The van der Waals surface area contributed by atoms with E-state index in [0.717, 1.165) is 32.5 Å². The molecule has 0 bridgehead atoms. The summed E-state index contributed by atoms with van der Waals surface area (Å²) in [5.74, 6) is 0.838. The molecule has 0 radical (unpaired) electrons. The lowest BCUT2D eigenvalue weighted by atomic mass is 9.85. The largest absolute Gasteiger partial charge is 0.371 e. The summed E-state index contributed by atoms with van der Waals surface area (Å²) in [6.45, 7) is 5.21. The number of anilines is 1. The molecule has 114 valence electrons. The van der Waals surface area contributed by atoms with Crippen molar-refractivity contribution in [1.82, 2.24) is 10.6 Å². The molecule has 2 atom stereocenters. The third kappa shape index (κ3) is 3.05. The Morgan fingerprint density at radius 1 is 1.38 bits per heavy atom. The molecule has 2 heterocycles. The van der Waals surface area contributed by atoms with E-state index in [1.54, 1.807) is 0 Å². The van der Waals surface area contributed by atoms with Crippen LogP contribution in [0.2, 0.25) is 0 Å². The normalized spacial score (nSPS) is 25.4. The predicted octanol–water partition coefficient (Wildman–Crippen LogP) is 1.82. The lowest BCUT2D eigenvalue weighted by Gasteiger charge is -2.42. The smallest absolute Gasteiger partial charge is 0.220 e. The Morgan fingerprint density at radius 2 is 2.24 bits per heavy atom. The van der Waals surface area contributed by atoms with Crippen LogP contribution in [0.4, 0.5) is 5.69 Å². The zero-order valence-corrected chi connectivity index (χ0v) is 13.0. The molecule has 2 fully saturated rings. The first-order chi connectivity index (χ1) is 10.2. The Bertz CT molecular complexity index is 529. The number of aryl methyl sites for hydroxylation is 1. The number of carbonyl (C=O) groups excluding carboxylic acids is 1. The standard InChI is InChI=1S/C17H25N3O/c1-12-9-13(10-18-2)3-5-16(12)20-8-7-15-14(11-20)4-6-17(21)19-15/h3,5,9,14-15,18H,4,6-8,10-11H2,1-2H3,(H,19,21). The number of benzene rings is 1. The first kappa shape index (κ1) is 14.4. The summed E-state index contributed by atoms with van der Waals surface area (Å²) in [7, 11) is 1.98.